The average molecular weight is 657 g/mol. The quantitative estimate of drug-likeness (QED) is 0.104. The van der Waals surface area contributed by atoms with Crippen LogP contribution in [0, 0.1) is 11.8 Å². The molecule has 1 aliphatic carbocycles. The number of nitrogens with two attached hydrogens (primary N) is 1. The van der Waals surface area contributed by atoms with Gasteiger partial charge in [-0.15, -0.1) is 0 Å². The van der Waals surface area contributed by atoms with Crippen LogP contribution in [0.1, 0.15) is 66.1 Å². The fraction of sp³-hybridized carbons (Fsp3) is 0.333. The van der Waals surface area contributed by atoms with Crippen molar-refractivity contribution in [2.24, 2.45) is 17.6 Å². The second-order valence-corrected chi connectivity index (χ2v) is 13.7. The number of hydrogen-bond donors (Lipinski definition) is 4. The molecule has 1 fully saturated rings. The maximum Gasteiger partial charge on any atom is 0.251 e. The Bertz CT molecular complexity index is 1850. The van der Waals surface area contributed by atoms with Crippen LogP contribution in [0.3, 0.4) is 0 Å². The molecule has 0 saturated heterocycles. The number of aromatic amines is 1. The molecule has 0 radical (unpaired) electrons. The number of hydrogen-bond acceptors (Lipinski definition) is 4. The third-order valence-electron chi connectivity index (χ3n) is 10.2. The van der Waals surface area contributed by atoms with Crippen LogP contribution in [0.2, 0.25) is 0 Å². The van der Waals surface area contributed by atoms with Gasteiger partial charge in [0.25, 0.3) is 5.91 Å². The van der Waals surface area contributed by atoms with Gasteiger partial charge in [0.15, 0.2) is 0 Å². The lowest BCUT2D eigenvalue weighted by atomic mass is 9.79. The molecule has 1 aliphatic rings. The highest BCUT2D eigenvalue weighted by Crippen LogP contribution is 2.30. The Labute approximate surface area is 289 Å². The zero-order valence-electron chi connectivity index (χ0n) is 28.4. The first-order valence-electron chi connectivity index (χ1n) is 17.7. The van der Waals surface area contributed by atoms with Gasteiger partial charge in [-0.25, -0.2) is 0 Å². The van der Waals surface area contributed by atoms with E-state index in [9.17, 15) is 14.7 Å². The summed E-state index contributed by atoms with van der Waals surface area (Å²) in [6, 6.07) is 31.5. The molecule has 7 nitrogen and oxygen atoms in total. The predicted octanol–water partition coefficient (Wildman–Crippen LogP) is 7.63. The molecule has 49 heavy (non-hydrogen) atoms. The highest BCUT2D eigenvalue weighted by Gasteiger charge is 2.24. The number of fused-ring (bicyclic) bond motifs is 1. The van der Waals surface area contributed by atoms with Crippen molar-refractivity contribution < 1.29 is 14.7 Å². The van der Waals surface area contributed by atoms with Crippen molar-refractivity contribution in [3.8, 4) is 16.9 Å². The third-order valence-corrected chi connectivity index (χ3v) is 10.2. The van der Waals surface area contributed by atoms with E-state index in [0.717, 1.165) is 64.4 Å². The summed E-state index contributed by atoms with van der Waals surface area (Å²) >= 11 is 0. The molecule has 1 aromatic heterocycles. The summed E-state index contributed by atoms with van der Waals surface area (Å²) in [6.07, 6.45) is 8.16. The normalized spacial score (nSPS) is 16.7. The second kappa shape index (κ2) is 16.0. The van der Waals surface area contributed by atoms with E-state index >= 15 is 0 Å². The van der Waals surface area contributed by atoms with E-state index in [4.69, 9.17) is 5.73 Å². The van der Waals surface area contributed by atoms with E-state index in [1.807, 2.05) is 83.9 Å². The Morgan fingerprint density at radius 3 is 2.45 bits per heavy atom. The molecule has 7 heteroatoms. The van der Waals surface area contributed by atoms with Gasteiger partial charge >= 0.3 is 0 Å². The maximum absolute atomic E-state index is 13.8. The van der Waals surface area contributed by atoms with Crippen LogP contribution in [-0.4, -0.2) is 45.9 Å². The summed E-state index contributed by atoms with van der Waals surface area (Å²) < 4.78 is 0. The fourth-order valence-corrected chi connectivity index (χ4v) is 7.20. The topological polar surface area (TPSA) is 111 Å². The highest BCUT2D eigenvalue weighted by molar-refractivity contribution is 6.01. The molecule has 1 unspecified atom stereocenters. The van der Waals surface area contributed by atoms with Crippen molar-refractivity contribution in [1.29, 1.82) is 0 Å². The van der Waals surface area contributed by atoms with Crippen LogP contribution in [0.25, 0.3) is 22.0 Å². The Balaban J connectivity index is 1.15. The largest absolute Gasteiger partial charge is 0.508 e. The molecular weight excluding hydrogens is 608 g/mol. The lowest BCUT2D eigenvalue weighted by Crippen LogP contribution is -2.35. The summed E-state index contributed by atoms with van der Waals surface area (Å²) in [4.78, 5) is 32.6. The van der Waals surface area contributed by atoms with Gasteiger partial charge in [0.2, 0.25) is 5.91 Å². The number of phenolic OH excluding ortho intramolecular Hbond substituents is 1. The number of H-pyrrole nitrogens is 1. The summed E-state index contributed by atoms with van der Waals surface area (Å²) in [6.45, 7) is 3.78. The van der Waals surface area contributed by atoms with E-state index in [1.165, 1.54) is 0 Å². The SMILES string of the molecule is CC(N)C1CCC(CNC(=O)c2ccccc2-c2cccc(CN(CCc3ccc(O)cc3)C(=O)CCc3c[nH]c4ccccc34)c2)CC1. The first kappa shape index (κ1) is 34.0. The van der Waals surface area contributed by atoms with E-state index < -0.39 is 0 Å². The Morgan fingerprint density at radius 2 is 1.65 bits per heavy atom. The molecule has 5 aromatic rings. The minimum Gasteiger partial charge on any atom is -0.508 e. The molecule has 1 saturated carbocycles. The third kappa shape index (κ3) is 8.78. The standard InChI is InChI=1S/C42H48N4O3/c1-29(43)33-17-13-31(14-18-33)26-45-42(49)39-11-3-2-9-37(39)34-8-6-7-32(25-34)28-46(24-23-30-15-20-36(47)21-16-30)41(48)22-19-35-27-44-40-12-5-4-10-38(35)40/h2-12,15-16,20-21,25,27,29,31,33,44,47H,13-14,17-19,22-24,26,28,43H2,1H3,(H,45,49). The van der Waals surface area contributed by atoms with Gasteiger partial charge in [0.05, 0.1) is 0 Å². The summed E-state index contributed by atoms with van der Waals surface area (Å²) in [5, 5.41) is 14.1. The van der Waals surface area contributed by atoms with Gasteiger partial charge in [0, 0.05) is 54.8 Å². The Kier molecular flexibility index (Phi) is 11.1. The van der Waals surface area contributed by atoms with Gasteiger partial charge in [-0.2, -0.15) is 0 Å². The van der Waals surface area contributed by atoms with Crippen LogP contribution < -0.4 is 11.1 Å². The smallest absolute Gasteiger partial charge is 0.251 e. The number of para-hydroxylation sites is 1. The molecular formula is C42H48N4O3. The number of phenols is 1. The number of nitrogens with zero attached hydrogens (tertiary/aromatic N) is 1. The molecule has 254 valence electrons. The summed E-state index contributed by atoms with van der Waals surface area (Å²) in [7, 11) is 0. The van der Waals surface area contributed by atoms with Crippen molar-refractivity contribution in [2.75, 3.05) is 13.1 Å². The zero-order chi connectivity index (χ0) is 34.2. The van der Waals surface area contributed by atoms with Gasteiger partial charge in [-0.3, -0.25) is 9.59 Å². The predicted molar refractivity (Wildman–Crippen MR) is 197 cm³/mol. The maximum atomic E-state index is 13.8. The molecule has 0 aliphatic heterocycles. The molecule has 5 N–H and O–H groups in total. The molecule has 0 bridgehead atoms. The van der Waals surface area contributed by atoms with Crippen molar-refractivity contribution in [3.63, 3.8) is 0 Å². The van der Waals surface area contributed by atoms with Gasteiger partial charge in [-0.1, -0.05) is 66.7 Å². The zero-order valence-corrected chi connectivity index (χ0v) is 28.4. The first-order valence-corrected chi connectivity index (χ1v) is 17.7. The van der Waals surface area contributed by atoms with Crippen LogP contribution in [0.5, 0.6) is 5.75 Å². The summed E-state index contributed by atoms with van der Waals surface area (Å²) in [5.41, 5.74) is 12.9. The number of rotatable bonds is 13. The number of amides is 2. The van der Waals surface area contributed by atoms with Crippen molar-refractivity contribution >= 4 is 22.7 Å². The lowest BCUT2D eigenvalue weighted by molar-refractivity contribution is -0.131. The number of carbonyl (C=O) groups excluding carboxylic acids is 2. The van der Waals surface area contributed by atoms with Crippen molar-refractivity contribution in [3.05, 3.63) is 126 Å². The van der Waals surface area contributed by atoms with E-state index in [0.29, 0.717) is 56.3 Å². The van der Waals surface area contributed by atoms with Crippen molar-refractivity contribution in [2.45, 2.75) is 64.5 Å². The molecule has 4 aromatic carbocycles. The van der Waals surface area contributed by atoms with E-state index in [1.54, 1.807) is 12.1 Å². The molecule has 6 rings (SSSR count). The number of aryl methyl sites for hydroxylation is 1. The monoisotopic (exact) mass is 656 g/mol. The van der Waals surface area contributed by atoms with E-state index in [2.05, 4.69) is 29.4 Å². The number of nitrogens with one attached hydrogen (secondary N) is 2. The average Bonchev–Trinajstić information content (AvgIpc) is 3.55. The lowest BCUT2D eigenvalue weighted by Gasteiger charge is -2.30. The Hall–Kier alpha value is -4.88. The molecule has 2 amide bonds. The first-order chi connectivity index (χ1) is 23.8. The minimum absolute atomic E-state index is 0.0571. The molecule has 0 spiro atoms. The number of carbonyl (C=O) groups is 2. The summed E-state index contributed by atoms with van der Waals surface area (Å²) in [5.74, 6) is 1.32. The van der Waals surface area contributed by atoms with Crippen LogP contribution in [-0.2, 0) is 24.2 Å². The minimum atomic E-state index is -0.0571. The number of aromatic nitrogens is 1. The van der Waals surface area contributed by atoms with Crippen molar-refractivity contribution in [1.82, 2.24) is 15.2 Å². The Morgan fingerprint density at radius 1 is 0.898 bits per heavy atom. The van der Waals surface area contributed by atoms with Gasteiger partial charge < -0.3 is 26.0 Å². The van der Waals surface area contributed by atoms with E-state index in [-0.39, 0.29) is 23.6 Å². The molecule has 1 atom stereocenters. The number of benzene rings is 4. The van der Waals surface area contributed by atoms with Gasteiger partial charge in [-0.05, 0) is 115 Å². The van der Waals surface area contributed by atoms with Gasteiger partial charge in [0.1, 0.15) is 5.75 Å². The fourth-order valence-electron chi connectivity index (χ4n) is 7.20. The molecule has 1 heterocycles. The van der Waals surface area contributed by atoms with Crippen LogP contribution in [0.15, 0.2) is 103 Å². The highest BCUT2D eigenvalue weighted by atomic mass is 16.3. The number of aromatic hydroxyl groups is 1. The van der Waals surface area contributed by atoms with Crippen LogP contribution in [0.4, 0.5) is 0 Å². The van der Waals surface area contributed by atoms with Crippen LogP contribution >= 0.6 is 0 Å². The second-order valence-electron chi connectivity index (χ2n) is 13.7.